The molecule has 3 nitrogen and oxygen atoms in total. The number of aliphatic carboxylic acids is 1. The molecule has 0 bridgehead atoms. The lowest BCUT2D eigenvalue weighted by molar-refractivity contribution is -0.154. The number of fused-ring (bicyclic) bond motifs is 3. The fraction of sp³-hybridized carbons (Fsp3) is 0.0714. The Hall–Kier alpha value is -1.84. The van der Waals surface area contributed by atoms with Gasteiger partial charge in [-0.1, -0.05) is 41.9 Å². The highest BCUT2D eigenvalue weighted by molar-refractivity contribution is 6.30. The molecular weight excluding hydrogens is 252 g/mol. The van der Waals surface area contributed by atoms with Crippen LogP contribution in [0.2, 0.25) is 5.02 Å². The van der Waals surface area contributed by atoms with Crippen molar-refractivity contribution in [2.45, 2.75) is 5.60 Å². The van der Waals surface area contributed by atoms with Gasteiger partial charge in [-0.2, -0.15) is 0 Å². The predicted molar refractivity (Wildman–Crippen MR) is 67.5 cm³/mol. The van der Waals surface area contributed by atoms with Gasteiger partial charge in [0.25, 0.3) is 0 Å². The van der Waals surface area contributed by atoms with E-state index in [0.29, 0.717) is 21.7 Å². The number of hydrogen-bond acceptors (Lipinski definition) is 2. The number of carboxylic acids is 1. The lowest BCUT2D eigenvalue weighted by Crippen LogP contribution is -2.34. The van der Waals surface area contributed by atoms with Crippen LogP contribution in [-0.4, -0.2) is 16.2 Å². The normalized spacial score (nSPS) is 20.3. The standard InChI is InChI=1S/C14H9ClO3/c15-8-5-6-10-9-3-1-2-4-11(9)14(18,13(16)17)12(10)7-8/h1-7,18H,(H,16,17)/t14-/m1/s1. The van der Waals surface area contributed by atoms with E-state index in [9.17, 15) is 15.0 Å². The van der Waals surface area contributed by atoms with Gasteiger partial charge in [-0.3, -0.25) is 0 Å². The lowest BCUT2D eigenvalue weighted by Gasteiger charge is -2.20. The van der Waals surface area contributed by atoms with Crippen molar-refractivity contribution in [3.8, 4) is 11.1 Å². The van der Waals surface area contributed by atoms with Crippen molar-refractivity contribution in [1.29, 1.82) is 0 Å². The molecule has 0 heterocycles. The summed E-state index contributed by atoms with van der Waals surface area (Å²) < 4.78 is 0. The maximum atomic E-state index is 11.5. The van der Waals surface area contributed by atoms with E-state index in [1.165, 1.54) is 6.07 Å². The summed E-state index contributed by atoms with van der Waals surface area (Å²) >= 11 is 5.89. The Morgan fingerprint density at radius 3 is 2.44 bits per heavy atom. The summed E-state index contributed by atoms with van der Waals surface area (Å²) in [7, 11) is 0. The third-order valence-electron chi connectivity index (χ3n) is 3.29. The van der Waals surface area contributed by atoms with Crippen LogP contribution in [0.5, 0.6) is 0 Å². The van der Waals surface area contributed by atoms with Gasteiger partial charge in [0.15, 0.2) is 0 Å². The van der Waals surface area contributed by atoms with Crippen LogP contribution in [0, 0.1) is 0 Å². The lowest BCUT2D eigenvalue weighted by atomic mass is 9.92. The van der Waals surface area contributed by atoms with Gasteiger partial charge in [-0.05, 0) is 23.3 Å². The number of carboxylic acid groups (broad SMARTS) is 1. The zero-order chi connectivity index (χ0) is 12.9. The molecule has 0 unspecified atom stereocenters. The van der Waals surface area contributed by atoms with Crippen LogP contribution < -0.4 is 0 Å². The maximum Gasteiger partial charge on any atom is 0.345 e. The first kappa shape index (κ1) is 11.3. The molecule has 0 amide bonds. The summed E-state index contributed by atoms with van der Waals surface area (Å²) in [6.45, 7) is 0. The van der Waals surface area contributed by atoms with Crippen LogP contribution >= 0.6 is 11.6 Å². The van der Waals surface area contributed by atoms with Crippen molar-refractivity contribution in [1.82, 2.24) is 0 Å². The third kappa shape index (κ3) is 1.26. The van der Waals surface area contributed by atoms with Gasteiger partial charge >= 0.3 is 5.97 Å². The zero-order valence-electron chi connectivity index (χ0n) is 9.22. The Labute approximate surface area is 108 Å². The largest absolute Gasteiger partial charge is 0.479 e. The molecule has 0 aliphatic heterocycles. The fourth-order valence-corrected chi connectivity index (χ4v) is 2.63. The van der Waals surface area contributed by atoms with Crippen molar-refractivity contribution >= 4 is 17.6 Å². The Balaban J connectivity index is 2.42. The van der Waals surface area contributed by atoms with E-state index in [-0.39, 0.29) is 0 Å². The summed E-state index contributed by atoms with van der Waals surface area (Å²) in [6.07, 6.45) is 0. The monoisotopic (exact) mass is 260 g/mol. The van der Waals surface area contributed by atoms with Crippen LogP contribution in [-0.2, 0) is 10.4 Å². The molecule has 0 fully saturated rings. The number of benzene rings is 2. The molecule has 0 saturated carbocycles. The zero-order valence-corrected chi connectivity index (χ0v) is 9.98. The first-order valence-corrected chi connectivity index (χ1v) is 5.78. The molecule has 1 aliphatic carbocycles. The molecule has 3 rings (SSSR count). The number of hydrogen-bond donors (Lipinski definition) is 2. The molecule has 2 N–H and O–H groups in total. The van der Waals surface area contributed by atoms with Crippen LogP contribution in [0.15, 0.2) is 42.5 Å². The van der Waals surface area contributed by atoms with E-state index in [1.807, 2.05) is 6.07 Å². The Morgan fingerprint density at radius 1 is 1.06 bits per heavy atom. The number of halogens is 1. The average Bonchev–Trinajstić information content (AvgIpc) is 2.61. The number of aliphatic hydroxyl groups is 1. The number of rotatable bonds is 1. The number of carbonyl (C=O) groups is 1. The van der Waals surface area contributed by atoms with Gasteiger partial charge in [-0.25, -0.2) is 4.79 Å². The smallest absolute Gasteiger partial charge is 0.345 e. The molecule has 4 heteroatoms. The third-order valence-corrected chi connectivity index (χ3v) is 3.52. The van der Waals surface area contributed by atoms with Crippen molar-refractivity contribution in [3.05, 3.63) is 58.6 Å². The highest BCUT2D eigenvalue weighted by Crippen LogP contribution is 2.48. The second-order valence-electron chi connectivity index (χ2n) is 4.25. The van der Waals surface area contributed by atoms with Gasteiger partial charge in [-0.15, -0.1) is 0 Å². The second-order valence-corrected chi connectivity index (χ2v) is 4.69. The van der Waals surface area contributed by atoms with E-state index in [1.54, 1.807) is 30.3 Å². The van der Waals surface area contributed by atoms with E-state index in [4.69, 9.17) is 11.6 Å². The van der Waals surface area contributed by atoms with Crippen molar-refractivity contribution in [3.63, 3.8) is 0 Å². The fourth-order valence-electron chi connectivity index (χ4n) is 2.46. The first-order valence-electron chi connectivity index (χ1n) is 5.41. The summed E-state index contributed by atoms with van der Waals surface area (Å²) in [6, 6.07) is 11.9. The van der Waals surface area contributed by atoms with E-state index in [0.717, 1.165) is 5.56 Å². The summed E-state index contributed by atoms with van der Waals surface area (Å²) in [5, 5.41) is 20.3. The van der Waals surface area contributed by atoms with Crippen molar-refractivity contribution in [2.75, 3.05) is 0 Å². The summed E-state index contributed by atoms with van der Waals surface area (Å²) in [5.74, 6) is -1.30. The van der Waals surface area contributed by atoms with Crippen LogP contribution in [0.3, 0.4) is 0 Å². The Kier molecular flexibility index (Phi) is 2.24. The van der Waals surface area contributed by atoms with Gasteiger partial charge in [0.05, 0.1) is 0 Å². The van der Waals surface area contributed by atoms with Gasteiger partial charge in [0.1, 0.15) is 0 Å². The van der Waals surface area contributed by atoms with Gasteiger partial charge < -0.3 is 10.2 Å². The molecule has 1 aliphatic rings. The second kappa shape index (κ2) is 3.57. The highest BCUT2D eigenvalue weighted by Gasteiger charge is 2.48. The highest BCUT2D eigenvalue weighted by atomic mass is 35.5. The maximum absolute atomic E-state index is 11.5. The van der Waals surface area contributed by atoms with E-state index >= 15 is 0 Å². The molecule has 2 aromatic carbocycles. The average molecular weight is 261 g/mol. The molecule has 18 heavy (non-hydrogen) atoms. The minimum atomic E-state index is -2.02. The molecular formula is C14H9ClO3. The minimum absolute atomic E-state index is 0.323. The molecule has 2 aromatic rings. The summed E-state index contributed by atoms with van der Waals surface area (Å²) in [5.41, 5.74) is 0.129. The van der Waals surface area contributed by atoms with Crippen molar-refractivity contribution < 1.29 is 15.0 Å². The minimum Gasteiger partial charge on any atom is -0.479 e. The van der Waals surface area contributed by atoms with Crippen LogP contribution in [0.25, 0.3) is 11.1 Å². The molecule has 0 radical (unpaired) electrons. The topological polar surface area (TPSA) is 57.5 Å². The van der Waals surface area contributed by atoms with Crippen LogP contribution in [0.1, 0.15) is 11.1 Å². The van der Waals surface area contributed by atoms with E-state index < -0.39 is 11.6 Å². The van der Waals surface area contributed by atoms with Crippen molar-refractivity contribution in [2.24, 2.45) is 0 Å². The molecule has 1 atom stereocenters. The predicted octanol–water partition coefficient (Wildman–Crippen LogP) is 2.64. The Bertz CT molecular complexity index is 666. The van der Waals surface area contributed by atoms with Gasteiger partial charge in [0, 0.05) is 16.1 Å². The molecule has 0 saturated heterocycles. The molecule has 90 valence electrons. The summed E-state index contributed by atoms with van der Waals surface area (Å²) in [4.78, 5) is 11.5. The van der Waals surface area contributed by atoms with Gasteiger partial charge in [0.2, 0.25) is 5.60 Å². The van der Waals surface area contributed by atoms with E-state index in [2.05, 4.69) is 0 Å². The quantitative estimate of drug-likeness (QED) is 0.829. The SMILES string of the molecule is O=C(O)[C@@]1(O)c2ccccc2-c2ccc(Cl)cc21. The molecule has 0 aromatic heterocycles. The molecule has 0 spiro atoms. The van der Waals surface area contributed by atoms with Crippen LogP contribution in [0.4, 0.5) is 0 Å². The Morgan fingerprint density at radius 2 is 1.72 bits per heavy atom. The first-order chi connectivity index (χ1) is 8.55.